The molecular weight excluding hydrogens is 414 g/mol. The van der Waals surface area contributed by atoms with Gasteiger partial charge in [0.05, 0.1) is 24.2 Å². The molecule has 1 aromatic heterocycles. The molecule has 0 bridgehead atoms. The van der Waals surface area contributed by atoms with E-state index in [-0.39, 0.29) is 11.4 Å². The monoisotopic (exact) mass is 441 g/mol. The van der Waals surface area contributed by atoms with E-state index in [0.29, 0.717) is 18.2 Å². The van der Waals surface area contributed by atoms with Crippen LogP contribution in [0.3, 0.4) is 0 Å². The number of nitrogens with zero attached hydrogens (tertiary/aromatic N) is 2. The first-order valence-electron chi connectivity index (χ1n) is 10.8. The molecule has 0 unspecified atom stereocenters. The summed E-state index contributed by atoms with van der Waals surface area (Å²) in [6.45, 7) is 4.77. The van der Waals surface area contributed by atoms with Crippen LogP contribution in [0.5, 0.6) is 5.75 Å². The summed E-state index contributed by atoms with van der Waals surface area (Å²) >= 11 is 0. The van der Waals surface area contributed by atoms with Crippen LogP contribution in [0, 0.1) is 0 Å². The van der Waals surface area contributed by atoms with E-state index >= 15 is 0 Å². The Morgan fingerprint density at radius 2 is 1.64 bits per heavy atom. The lowest BCUT2D eigenvalue weighted by molar-refractivity contribution is 0.0594. The van der Waals surface area contributed by atoms with Crippen LogP contribution in [0.1, 0.15) is 41.4 Å². The van der Waals surface area contributed by atoms with Crippen LogP contribution in [0.2, 0.25) is 0 Å². The summed E-state index contributed by atoms with van der Waals surface area (Å²) in [5.41, 5.74) is 11.3. The van der Waals surface area contributed by atoms with Crippen LogP contribution in [0.4, 0.5) is 5.69 Å². The fraction of sp³-hybridized carbons (Fsp3) is 0.185. The summed E-state index contributed by atoms with van der Waals surface area (Å²) in [7, 11) is 1.32. The van der Waals surface area contributed by atoms with Crippen LogP contribution in [-0.4, -0.2) is 22.9 Å². The van der Waals surface area contributed by atoms with Crippen molar-refractivity contribution in [1.82, 2.24) is 9.78 Å². The van der Waals surface area contributed by atoms with Gasteiger partial charge < -0.3 is 15.2 Å². The number of nitrogen functional groups attached to an aromatic ring is 1. The highest BCUT2D eigenvalue weighted by molar-refractivity contribution is 5.97. The van der Waals surface area contributed by atoms with Gasteiger partial charge in [-0.3, -0.25) is 0 Å². The molecule has 4 aromatic rings. The number of aromatic nitrogens is 2. The van der Waals surface area contributed by atoms with E-state index in [0.717, 1.165) is 22.6 Å². The van der Waals surface area contributed by atoms with Gasteiger partial charge in [0.25, 0.3) is 0 Å². The number of carbonyl (C=O) groups excluding carboxylic acids is 1. The van der Waals surface area contributed by atoms with E-state index in [1.807, 2.05) is 66.7 Å². The lowest BCUT2D eigenvalue weighted by Gasteiger charge is -2.12. The molecule has 0 saturated heterocycles. The van der Waals surface area contributed by atoms with Crippen LogP contribution in [0.25, 0.3) is 16.9 Å². The highest BCUT2D eigenvalue weighted by Gasteiger charge is 2.23. The average Bonchev–Trinajstić information content (AvgIpc) is 3.20. The molecule has 0 aliphatic heterocycles. The maximum atomic E-state index is 12.3. The van der Waals surface area contributed by atoms with E-state index in [1.165, 1.54) is 12.7 Å². The Labute approximate surface area is 193 Å². The molecule has 6 nitrogen and oxygen atoms in total. The normalized spacial score (nSPS) is 10.9. The number of ether oxygens (including phenoxy) is 2. The lowest BCUT2D eigenvalue weighted by Crippen LogP contribution is -2.06. The molecule has 0 fully saturated rings. The molecule has 0 radical (unpaired) electrons. The Morgan fingerprint density at radius 3 is 2.24 bits per heavy atom. The molecule has 0 saturated carbocycles. The molecule has 168 valence electrons. The Kier molecular flexibility index (Phi) is 6.45. The zero-order chi connectivity index (χ0) is 23.4. The largest absolute Gasteiger partial charge is 0.489 e. The smallest absolute Gasteiger partial charge is 0.360 e. The highest BCUT2D eigenvalue weighted by atomic mass is 16.5. The first-order chi connectivity index (χ1) is 16.0. The first-order valence-corrected chi connectivity index (χ1v) is 10.8. The van der Waals surface area contributed by atoms with Gasteiger partial charge in [0, 0.05) is 5.56 Å². The minimum absolute atomic E-state index is 0.0878. The van der Waals surface area contributed by atoms with Gasteiger partial charge in [0.1, 0.15) is 12.4 Å². The third-order valence-electron chi connectivity index (χ3n) is 5.48. The summed E-state index contributed by atoms with van der Waals surface area (Å²) in [6, 6.07) is 25.6. The van der Waals surface area contributed by atoms with Crippen LogP contribution < -0.4 is 10.5 Å². The summed E-state index contributed by atoms with van der Waals surface area (Å²) in [6.07, 6.45) is 0. The predicted molar refractivity (Wildman–Crippen MR) is 130 cm³/mol. The van der Waals surface area contributed by atoms with E-state index in [4.69, 9.17) is 15.2 Å². The van der Waals surface area contributed by atoms with Crippen LogP contribution in [0.15, 0.2) is 78.9 Å². The van der Waals surface area contributed by atoms with Gasteiger partial charge in [0.2, 0.25) is 0 Å². The van der Waals surface area contributed by atoms with E-state index in [9.17, 15) is 4.79 Å². The number of esters is 1. The maximum Gasteiger partial charge on any atom is 0.360 e. The van der Waals surface area contributed by atoms with Crippen molar-refractivity contribution >= 4 is 11.7 Å². The molecular formula is C27H27N3O3. The molecule has 3 aromatic carbocycles. The zero-order valence-electron chi connectivity index (χ0n) is 19.0. The Hall–Kier alpha value is -4.06. The molecule has 2 N–H and O–H groups in total. The van der Waals surface area contributed by atoms with Gasteiger partial charge >= 0.3 is 5.97 Å². The van der Waals surface area contributed by atoms with Crippen molar-refractivity contribution < 1.29 is 14.3 Å². The quantitative estimate of drug-likeness (QED) is 0.377. The Bertz CT molecular complexity index is 1230. The second-order valence-electron chi connectivity index (χ2n) is 8.06. The molecule has 4 rings (SSSR count). The number of hydrogen-bond acceptors (Lipinski definition) is 5. The van der Waals surface area contributed by atoms with Crippen LogP contribution >= 0.6 is 0 Å². The van der Waals surface area contributed by atoms with Gasteiger partial charge in [-0.05, 0) is 53.4 Å². The maximum absolute atomic E-state index is 12.3. The molecule has 0 aliphatic carbocycles. The van der Waals surface area contributed by atoms with Crippen molar-refractivity contribution in [3.8, 4) is 22.7 Å². The molecule has 0 amide bonds. The number of carbonyl (C=O) groups is 1. The molecule has 0 spiro atoms. The van der Waals surface area contributed by atoms with Crippen molar-refractivity contribution in [2.45, 2.75) is 26.4 Å². The van der Waals surface area contributed by atoms with Crippen molar-refractivity contribution in [3.63, 3.8) is 0 Å². The summed E-state index contributed by atoms with van der Waals surface area (Å²) in [5.74, 6) is 0.575. The topological polar surface area (TPSA) is 79.4 Å². The number of benzene rings is 3. The fourth-order valence-corrected chi connectivity index (χ4v) is 3.59. The number of methoxy groups -OCH3 is 1. The van der Waals surface area contributed by atoms with Gasteiger partial charge in [-0.1, -0.05) is 56.3 Å². The van der Waals surface area contributed by atoms with Crippen molar-refractivity contribution in [2.24, 2.45) is 0 Å². The minimum atomic E-state index is -0.575. The van der Waals surface area contributed by atoms with E-state index < -0.39 is 5.97 Å². The van der Waals surface area contributed by atoms with Gasteiger partial charge in [-0.25, -0.2) is 9.48 Å². The van der Waals surface area contributed by atoms with E-state index in [1.54, 1.807) is 4.68 Å². The van der Waals surface area contributed by atoms with Crippen molar-refractivity contribution in [1.29, 1.82) is 0 Å². The Balaban J connectivity index is 1.68. The van der Waals surface area contributed by atoms with Gasteiger partial charge in [-0.15, -0.1) is 0 Å². The van der Waals surface area contributed by atoms with Gasteiger partial charge in [0.15, 0.2) is 5.69 Å². The minimum Gasteiger partial charge on any atom is -0.489 e. The predicted octanol–water partition coefficient (Wildman–Crippen LogP) is 5.61. The molecule has 6 heteroatoms. The first kappa shape index (κ1) is 22.1. The molecule has 0 atom stereocenters. The average molecular weight is 442 g/mol. The van der Waals surface area contributed by atoms with E-state index in [2.05, 4.69) is 31.1 Å². The lowest BCUT2D eigenvalue weighted by atomic mass is 10.0. The molecule has 33 heavy (non-hydrogen) atoms. The Morgan fingerprint density at radius 1 is 0.970 bits per heavy atom. The number of anilines is 1. The summed E-state index contributed by atoms with van der Waals surface area (Å²) < 4.78 is 12.5. The molecule has 1 heterocycles. The third kappa shape index (κ3) is 4.75. The van der Waals surface area contributed by atoms with Gasteiger partial charge in [-0.2, -0.15) is 5.10 Å². The van der Waals surface area contributed by atoms with Crippen molar-refractivity contribution in [3.05, 3.63) is 95.7 Å². The second kappa shape index (κ2) is 9.61. The summed E-state index contributed by atoms with van der Waals surface area (Å²) in [5, 5.41) is 4.49. The SMILES string of the molecule is COC(=O)c1nn(-c2ccc(C(C)C)cc2)c(-c2ccc(OCc3ccccc3)cc2)c1N. The number of hydrogen-bond donors (Lipinski definition) is 1. The summed E-state index contributed by atoms with van der Waals surface area (Å²) in [4.78, 5) is 12.3. The second-order valence-corrected chi connectivity index (χ2v) is 8.06. The number of rotatable bonds is 7. The zero-order valence-corrected chi connectivity index (χ0v) is 19.0. The van der Waals surface area contributed by atoms with Crippen LogP contribution in [-0.2, 0) is 11.3 Å². The third-order valence-corrected chi connectivity index (χ3v) is 5.48. The molecule has 0 aliphatic rings. The fourth-order valence-electron chi connectivity index (χ4n) is 3.59. The number of nitrogens with two attached hydrogens (primary N) is 1. The highest BCUT2D eigenvalue weighted by Crippen LogP contribution is 2.33. The van der Waals surface area contributed by atoms with Crippen molar-refractivity contribution in [2.75, 3.05) is 12.8 Å². The standard InChI is InChI=1S/C27H27N3O3/c1-18(2)20-9-13-22(14-10-20)30-26(24(28)25(29-30)27(31)32-3)21-11-15-23(16-12-21)33-17-19-7-5-4-6-8-19/h4-16,18H,17,28H2,1-3H3.